The molecule has 4 heteroatoms. The Morgan fingerprint density at radius 2 is 2.10 bits per heavy atom. The van der Waals surface area contributed by atoms with Crippen molar-refractivity contribution < 1.29 is 4.79 Å². The maximum Gasteiger partial charge on any atom is 0.271 e. The Kier molecular flexibility index (Phi) is 3.78. The molecule has 1 aromatic heterocycles. The number of carbonyl (C=O) groups is 1. The van der Waals surface area contributed by atoms with Crippen molar-refractivity contribution in [1.29, 1.82) is 0 Å². The topological polar surface area (TPSA) is 49.0 Å². The molecule has 1 N–H and O–H groups in total. The van der Waals surface area contributed by atoms with E-state index in [2.05, 4.69) is 36.2 Å². The first kappa shape index (κ1) is 13.9. The third kappa shape index (κ3) is 2.99. The van der Waals surface area contributed by atoms with Gasteiger partial charge in [-0.15, -0.1) is 0 Å². The van der Waals surface area contributed by atoms with E-state index in [0.717, 1.165) is 30.8 Å². The molecule has 21 heavy (non-hydrogen) atoms. The number of aromatic amines is 1. The van der Waals surface area contributed by atoms with Gasteiger partial charge in [0.25, 0.3) is 5.91 Å². The van der Waals surface area contributed by atoms with Crippen LogP contribution in [0.15, 0.2) is 30.3 Å². The number of H-pyrrole nitrogens is 1. The second kappa shape index (κ2) is 5.72. The van der Waals surface area contributed by atoms with Gasteiger partial charge >= 0.3 is 0 Å². The minimum atomic E-state index is 0.0624. The van der Waals surface area contributed by atoms with Crippen LogP contribution >= 0.6 is 0 Å². The SMILES string of the molecule is Cc1ccc(-c2cc(C(=O)N3CCCC(C)C3)[nH]n2)cc1. The Morgan fingerprint density at radius 3 is 2.81 bits per heavy atom. The summed E-state index contributed by atoms with van der Waals surface area (Å²) in [4.78, 5) is 14.4. The van der Waals surface area contributed by atoms with Crippen LogP contribution in [0.2, 0.25) is 0 Å². The summed E-state index contributed by atoms with van der Waals surface area (Å²) in [6.45, 7) is 5.95. The molecule has 2 heterocycles. The molecule has 1 fully saturated rings. The first-order valence-corrected chi connectivity index (χ1v) is 7.55. The van der Waals surface area contributed by atoms with Gasteiger partial charge in [0, 0.05) is 18.7 Å². The molecule has 1 amide bonds. The van der Waals surface area contributed by atoms with Gasteiger partial charge in [-0.25, -0.2) is 0 Å². The lowest BCUT2D eigenvalue weighted by atomic mass is 10.00. The molecule has 110 valence electrons. The van der Waals surface area contributed by atoms with Crippen LogP contribution in [0.3, 0.4) is 0 Å². The summed E-state index contributed by atoms with van der Waals surface area (Å²) in [5, 5.41) is 7.17. The molecule has 1 aliphatic heterocycles. The van der Waals surface area contributed by atoms with Crippen LogP contribution in [-0.2, 0) is 0 Å². The van der Waals surface area contributed by atoms with Crippen LogP contribution in [-0.4, -0.2) is 34.1 Å². The minimum Gasteiger partial charge on any atom is -0.337 e. The van der Waals surface area contributed by atoms with Crippen molar-refractivity contribution in [3.63, 3.8) is 0 Å². The summed E-state index contributed by atoms with van der Waals surface area (Å²) in [5.41, 5.74) is 3.65. The predicted octanol–water partition coefficient (Wildman–Crippen LogP) is 3.26. The maximum atomic E-state index is 12.5. The van der Waals surface area contributed by atoms with Gasteiger partial charge in [0.05, 0.1) is 5.69 Å². The zero-order valence-electron chi connectivity index (χ0n) is 12.6. The number of hydrogen-bond donors (Lipinski definition) is 1. The molecule has 1 aliphatic rings. The molecule has 1 unspecified atom stereocenters. The van der Waals surface area contributed by atoms with Crippen molar-refractivity contribution in [2.75, 3.05) is 13.1 Å². The highest BCUT2D eigenvalue weighted by atomic mass is 16.2. The number of carbonyl (C=O) groups excluding carboxylic acids is 1. The van der Waals surface area contributed by atoms with Crippen LogP contribution in [0, 0.1) is 12.8 Å². The van der Waals surface area contributed by atoms with Crippen molar-refractivity contribution in [2.24, 2.45) is 5.92 Å². The van der Waals surface area contributed by atoms with E-state index in [9.17, 15) is 4.79 Å². The smallest absolute Gasteiger partial charge is 0.271 e. The lowest BCUT2D eigenvalue weighted by molar-refractivity contribution is 0.0677. The van der Waals surface area contributed by atoms with E-state index >= 15 is 0 Å². The van der Waals surface area contributed by atoms with E-state index in [1.165, 1.54) is 12.0 Å². The normalized spacial score (nSPS) is 18.8. The quantitative estimate of drug-likeness (QED) is 0.919. The van der Waals surface area contributed by atoms with Crippen molar-refractivity contribution >= 4 is 5.91 Å². The van der Waals surface area contributed by atoms with Crippen LogP contribution < -0.4 is 0 Å². The molecule has 0 aliphatic carbocycles. The average molecular weight is 283 g/mol. The summed E-state index contributed by atoms with van der Waals surface area (Å²) >= 11 is 0. The van der Waals surface area contributed by atoms with E-state index < -0.39 is 0 Å². The highest BCUT2D eigenvalue weighted by Gasteiger charge is 2.23. The number of rotatable bonds is 2. The largest absolute Gasteiger partial charge is 0.337 e. The predicted molar refractivity (Wildman–Crippen MR) is 83.1 cm³/mol. The van der Waals surface area contributed by atoms with Crippen LogP contribution in [0.5, 0.6) is 0 Å². The highest BCUT2D eigenvalue weighted by molar-refractivity contribution is 5.93. The molecule has 2 aromatic rings. The van der Waals surface area contributed by atoms with Crippen molar-refractivity contribution in [3.05, 3.63) is 41.6 Å². The molecular weight excluding hydrogens is 262 g/mol. The zero-order valence-corrected chi connectivity index (χ0v) is 12.6. The van der Waals surface area contributed by atoms with Crippen molar-refractivity contribution in [3.8, 4) is 11.3 Å². The molecule has 0 spiro atoms. The standard InChI is InChI=1S/C17H21N3O/c1-12-5-7-14(8-6-12)15-10-16(19-18-15)17(21)20-9-3-4-13(2)11-20/h5-8,10,13H,3-4,9,11H2,1-2H3,(H,18,19). The van der Waals surface area contributed by atoms with Gasteiger partial charge < -0.3 is 4.90 Å². The van der Waals surface area contributed by atoms with E-state index in [-0.39, 0.29) is 5.91 Å². The first-order valence-electron chi connectivity index (χ1n) is 7.55. The minimum absolute atomic E-state index is 0.0624. The third-order valence-corrected chi connectivity index (χ3v) is 4.10. The Labute approximate surface area is 125 Å². The van der Waals surface area contributed by atoms with E-state index in [4.69, 9.17) is 0 Å². The van der Waals surface area contributed by atoms with Gasteiger partial charge in [0.15, 0.2) is 0 Å². The van der Waals surface area contributed by atoms with Gasteiger partial charge in [-0.05, 0) is 31.7 Å². The number of likely N-dealkylation sites (tertiary alicyclic amines) is 1. The second-order valence-electron chi connectivity index (χ2n) is 6.03. The fourth-order valence-electron chi connectivity index (χ4n) is 2.85. The third-order valence-electron chi connectivity index (χ3n) is 4.10. The maximum absolute atomic E-state index is 12.5. The average Bonchev–Trinajstić information content (AvgIpc) is 2.97. The highest BCUT2D eigenvalue weighted by Crippen LogP contribution is 2.21. The monoisotopic (exact) mass is 283 g/mol. The van der Waals surface area contributed by atoms with Gasteiger partial charge in [-0.2, -0.15) is 5.10 Å². The number of aromatic nitrogens is 2. The molecule has 0 saturated carbocycles. The molecule has 0 radical (unpaired) electrons. The Bertz CT molecular complexity index is 630. The Morgan fingerprint density at radius 1 is 1.33 bits per heavy atom. The molecular formula is C17H21N3O. The van der Waals surface area contributed by atoms with Gasteiger partial charge in [-0.3, -0.25) is 9.89 Å². The number of hydrogen-bond acceptors (Lipinski definition) is 2. The lowest BCUT2D eigenvalue weighted by Gasteiger charge is -2.30. The number of nitrogens with one attached hydrogen (secondary N) is 1. The summed E-state index contributed by atoms with van der Waals surface area (Å²) in [6, 6.07) is 10.0. The fourth-order valence-corrected chi connectivity index (χ4v) is 2.85. The van der Waals surface area contributed by atoms with Crippen LogP contribution in [0.25, 0.3) is 11.3 Å². The summed E-state index contributed by atoms with van der Waals surface area (Å²) in [6.07, 6.45) is 2.30. The summed E-state index contributed by atoms with van der Waals surface area (Å²) < 4.78 is 0. The lowest BCUT2D eigenvalue weighted by Crippen LogP contribution is -2.39. The van der Waals surface area contributed by atoms with Gasteiger partial charge in [0.2, 0.25) is 0 Å². The molecule has 1 aromatic carbocycles. The molecule has 4 nitrogen and oxygen atoms in total. The van der Waals surface area contributed by atoms with Crippen LogP contribution in [0.4, 0.5) is 0 Å². The summed E-state index contributed by atoms with van der Waals surface area (Å²) in [7, 11) is 0. The molecule has 1 atom stereocenters. The number of aryl methyl sites for hydroxylation is 1. The zero-order chi connectivity index (χ0) is 14.8. The number of nitrogens with zero attached hydrogens (tertiary/aromatic N) is 2. The van der Waals surface area contributed by atoms with E-state index in [0.29, 0.717) is 11.6 Å². The first-order chi connectivity index (χ1) is 10.1. The Balaban J connectivity index is 1.78. The fraction of sp³-hybridized carbons (Fsp3) is 0.412. The number of piperidine rings is 1. The van der Waals surface area contributed by atoms with E-state index in [1.54, 1.807) is 0 Å². The molecule has 0 bridgehead atoms. The Hall–Kier alpha value is -2.10. The summed E-state index contributed by atoms with van der Waals surface area (Å²) in [5.74, 6) is 0.648. The number of benzene rings is 1. The molecule has 1 saturated heterocycles. The van der Waals surface area contributed by atoms with Gasteiger partial charge in [0.1, 0.15) is 5.69 Å². The van der Waals surface area contributed by atoms with Crippen molar-refractivity contribution in [2.45, 2.75) is 26.7 Å². The molecule has 3 rings (SSSR count). The van der Waals surface area contributed by atoms with Crippen molar-refractivity contribution in [1.82, 2.24) is 15.1 Å². The van der Waals surface area contributed by atoms with Gasteiger partial charge in [-0.1, -0.05) is 36.8 Å². The number of amides is 1. The van der Waals surface area contributed by atoms with Crippen LogP contribution in [0.1, 0.15) is 35.8 Å². The second-order valence-corrected chi connectivity index (χ2v) is 6.03. The van der Waals surface area contributed by atoms with E-state index in [1.807, 2.05) is 23.1 Å².